The molecular formula is C14H18N2S. The van der Waals surface area contributed by atoms with Crippen LogP contribution in [-0.2, 0) is 0 Å². The molecule has 1 aromatic heterocycles. The van der Waals surface area contributed by atoms with Crippen molar-refractivity contribution >= 4 is 11.9 Å². The van der Waals surface area contributed by atoms with Gasteiger partial charge in [0.25, 0.3) is 0 Å². The maximum Gasteiger partial charge on any atom is 0.0450 e. The Morgan fingerprint density at radius 2 is 1.71 bits per heavy atom. The Balaban J connectivity index is 0.000000686. The molecule has 17 heavy (non-hydrogen) atoms. The van der Waals surface area contributed by atoms with E-state index in [1.807, 2.05) is 45.2 Å². The van der Waals surface area contributed by atoms with Gasteiger partial charge >= 0.3 is 0 Å². The molecule has 0 bridgehead atoms. The maximum absolute atomic E-state index is 5.47. The van der Waals surface area contributed by atoms with Gasteiger partial charge in [0, 0.05) is 22.3 Å². The first-order chi connectivity index (χ1) is 8.31. The number of aromatic nitrogens is 1. The van der Waals surface area contributed by atoms with Crippen molar-refractivity contribution in [1.82, 2.24) is 4.98 Å². The van der Waals surface area contributed by atoms with Crippen LogP contribution >= 0.6 is 11.9 Å². The Labute approximate surface area is 107 Å². The normalized spacial score (nSPS) is 9.41. The van der Waals surface area contributed by atoms with Crippen LogP contribution in [0.25, 0.3) is 11.1 Å². The molecular weight excluding hydrogens is 228 g/mol. The van der Waals surface area contributed by atoms with Gasteiger partial charge in [-0.25, -0.2) is 0 Å². The Morgan fingerprint density at radius 3 is 2.24 bits per heavy atom. The summed E-state index contributed by atoms with van der Waals surface area (Å²) >= 11 is 1.26. The molecule has 0 saturated carbocycles. The summed E-state index contributed by atoms with van der Waals surface area (Å²) < 4.78 is 0. The minimum Gasteiger partial charge on any atom is -0.274 e. The fraction of sp³-hybridized carbons (Fsp3) is 0.214. The Hall–Kier alpha value is -1.32. The molecule has 0 aliphatic carbocycles. The summed E-state index contributed by atoms with van der Waals surface area (Å²) in [5, 5.41) is 5.47. The van der Waals surface area contributed by atoms with Gasteiger partial charge in [-0.3, -0.25) is 10.1 Å². The Bertz CT molecular complexity index is 452. The Kier molecular flexibility index (Phi) is 5.73. The molecule has 0 atom stereocenters. The van der Waals surface area contributed by atoms with Crippen LogP contribution < -0.4 is 5.14 Å². The van der Waals surface area contributed by atoms with E-state index in [2.05, 4.69) is 23.2 Å². The van der Waals surface area contributed by atoms with E-state index in [4.69, 9.17) is 5.14 Å². The second-order valence-corrected chi connectivity index (χ2v) is 3.99. The monoisotopic (exact) mass is 246 g/mol. The van der Waals surface area contributed by atoms with Gasteiger partial charge in [-0.05, 0) is 42.6 Å². The molecule has 1 aromatic carbocycles. The topological polar surface area (TPSA) is 38.9 Å². The third kappa shape index (κ3) is 3.58. The van der Waals surface area contributed by atoms with Crippen LogP contribution in [0, 0.1) is 6.92 Å². The van der Waals surface area contributed by atoms with Gasteiger partial charge in [-0.2, -0.15) is 0 Å². The predicted molar refractivity (Wildman–Crippen MR) is 75.8 cm³/mol. The minimum atomic E-state index is 1.05. The molecule has 2 N–H and O–H groups in total. The fourth-order valence-electron chi connectivity index (χ4n) is 1.50. The molecule has 0 saturated heterocycles. The lowest BCUT2D eigenvalue weighted by atomic mass is 10.1. The molecule has 2 rings (SSSR count). The summed E-state index contributed by atoms with van der Waals surface area (Å²) in [5.74, 6) is 0. The number of nitrogens with two attached hydrogens (primary N) is 1. The number of hydrogen-bond acceptors (Lipinski definition) is 3. The van der Waals surface area contributed by atoms with Gasteiger partial charge in [-0.15, -0.1) is 0 Å². The van der Waals surface area contributed by atoms with Crippen molar-refractivity contribution < 1.29 is 0 Å². The lowest BCUT2D eigenvalue weighted by Crippen LogP contribution is -1.86. The fourth-order valence-corrected chi connectivity index (χ4v) is 1.80. The van der Waals surface area contributed by atoms with Gasteiger partial charge < -0.3 is 0 Å². The van der Waals surface area contributed by atoms with E-state index < -0.39 is 0 Å². The number of hydrogen-bond donors (Lipinski definition) is 1. The molecule has 0 spiro atoms. The van der Waals surface area contributed by atoms with Crippen molar-refractivity contribution in [2.75, 3.05) is 0 Å². The summed E-state index contributed by atoms with van der Waals surface area (Å²) in [6, 6.07) is 12.2. The zero-order valence-corrected chi connectivity index (χ0v) is 11.3. The number of aryl methyl sites for hydroxylation is 1. The summed E-state index contributed by atoms with van der Waals surface area (Å²) in [6.07, 6.45) is 1.81. The van der Waals surface area contributed by atoms with Crippen LogP contribution in [0.1, 0.15) is 19.5 Å². The van der Waals surface area contributed by atoms with Crippen molar-refractivity contribution in [3.05, 3.63) is 48.3 Å². The smallest absolute Gasteiger partial charge is 0.0450 e. The quantitative estimate of drug-likeness (QED) is 0.812. The number of rotatable bonds is 2. The Morgan fingerprint density at radius 1 is 1.06 bits per heavy atom. The summed E-state index contributed by atoms with van der Waals surface area (Å²) in [5.41, 5.74) is 3.40. The van der Waals surface area contributed by atoms with Gasteiger partial charge in [-0.1, -0.05) is 32.0 Å². The van der Waals surface area contributed by atoms with Crippen LogP contribution in [0.4, 0.5) is 0 Å². The molecule has 3 heteroatoms. The van der Waals surface area contributed by atoms with E-state index in [1.54, 1.807) is 0 Å². The lowest BCUT2D eigenvalue weighted by molar-refractivity contribution is 1.20. The zero-order valence-electron chi connectivity index (χ0n) is 10.5. The third-order valence-corrected chi connectivity index (χ3v) is 2.85. The molecule has 0 fully saturated rings. The second-order valence-electron chi connectivity index (χ2n) is 3.28. The molecule has 90 valence electrons. The van der Waals surface area contributed by atoms with Crippen LogP contribution in [0.2, 0.25) is 0 Å². The number of nitrogens with zero attached hydrogens (tertiary/aromatic N) is 1. The molecule has 1 heterocycles. The highest BCUT2D eigenvalue weighted by molar-refractivity contribution is 7.97. The molecule has 0 amide bonds. The first-order valence-corrected chi connectivity index (χ1v) is 6.58. The zero-order chi connectivity index (χ0) is 12.7. The summed E-state index contributed by atoms with van der Waals surface area (Å²) in [7, 11) is 0. The lowest BCUT2D eigenvalue weighted by Gasteiger charge is -2.05. The highest BCUT2D eigenvalue weighted by Crippen LogP contribution is 2.23. The molecule has 0 unspecified atom stereocenters. The standard InChI is InChI=1S/C12H12N2S.C2H6/c1-9-12(3-2-8-14-9)10-4-6-11(15-13)7-5-10;1-2/h2-8H,13H2,1H3;1-2H3. The van der Waals surface area contributed by atoms with E-state index in [9.17, 15) is 0 Å². The SMILES string of the molecule is CC.Cc1ncccc1-c1ccc(SN)cc1. The first-order valence-electron chi connectivity index (χ1n) is 5.70. The van der Waals surface area contributed by atoms with E-state index in [-0.39, 0.29) is 0 Å². The molecule has 2 aromatic rings. The second kappa shape index (κ2) is 7.09. The minimum absolute atomic E-state index is 1.05. The van der Waals surface area contributed by atoms with Crippen LogP contribution in [0.3, 0.4) is 0 Å². The molecule has 0 aliphatic rings. The maximum atomic E-state index is 5.47. The first kappa shape index (κ1) is 13.7. The molecule has 0 radical (unpaired) electrons. The summed E-state index contributed by atoms with van der Waals surface area (Å²) in [6.45, 7) is 6.01. The van der Waals surface area contributed by atoms with Crippen LogP contribution in [-0.4, -0.2) is 4.98 Å². The van der Waals surface area contributed by atoms with Crippen LogP contribution in [0.15, 0.2) is 47.5 Å². The van der Waals surface area contributed by atoms with Gasteiger partial charge in [0.05, 0.1) is 0 Å². The van der Waals surface area contributed by atoms with E-state index in [0.717, 1.165) is 10.6 Å². The number of benzene rings is 1. The van der Waals surface area contributed by atoms with Crippen molar-refractivity contribution in [3.8, 4) is 11.1 Å². The average Bonchev–Trinajstić information content (AvgIpc) is 2.42. The van der Waals surface area contributed by atoms with Crippen molar-refractivity contribution in [2.45, 2.75) is 25.7 Å². The van der Waals surface area contributed by atoms with E-state index in [0.29, 0.717) is 0 Å². The van der Waals surface area contributed by atoms with Crippen LogP contribution in [0.5, 0.6) is 0 Å². The van der Waals surface area contributed by atoms with Gasteiger partial charge in [0.1, 0.15) is 0 Å². The van der Waals surface area contributed by atoms with Crippen molar-refractivity contribution in [2.24, 2.45) is 5.14 Å². The largest absolute Gasteiger partial charge is 0.274 e. The highest BCUT2D eigenvalue weighted by Gasteiger charge is 2.01. The van der Waals surface area contributed by atoms with E-state index >= 15 is 0 Å². The van der Waals surface area contributed by atoms with E-state index in [1.165, 1.54) is 23.1 Å². The van der Waals surface area contributed by atoms with Crippen molar-refractivity contribution in [3.63, 3.8) is 0 Å². The van der Waals surface area contributed by atoms with Crippen molar-refractivity contribution in [1.29, 1.82) is 0 Å². The third-order valence-electron chi connectivity index (χ3n) is 2.31. The average molecular weight is 246 g/mol. The predicted octanol–water partition coefficient (Wildman–Crippen LogP) is 4.05. The highest BCUT2D eigenvalue weighted by atomic mass is 32.2. The number of pyridine rings is 1. The van der Waals surface area contributed by atoms with Gasteiger partial charge in [0.15, 0.2) is 0 Å². The summed E-state index contributed by atoms with van der Waals surface area (Å²) in [4.78, 5) is 5.34. The van der Waals surface area contributed by atoms with Gasteiger partial charge in [0.2, 0.25) is 0 Å². The molecule has 2 nitrogen and oxygen atoms in total. The molecule has 0 aliphatic heterocycles.